The summed E-state index contributed by atoms with van der Waals surface area (Å²) in [5.41, 5.74) is 1.16. The van der Waals surface area contributed by atoms with E-state index in [0.29, 0.717) is 6.61 Å². The zero-order chi connectivity index (χ0) is 9.97. The zero-order valence-corrected chi connectivity index (χ0v) is 11.7. The van der Waals surface area contributed by atoms with E-state index in [9.17, 15) is 0 Å². The Hall–Kier alpha value is -0.396. The van der Waals surface area contributed by atoms with Gasteiger partial charge in [0.05, 0.1) is 0 Å². The first-order valence-corrected chi connectivity index (χ1v) is 4.72. The van der Waals surface area contributed by atoms with Crippen LogP contribution in [0.3, 0.4) is 0 Å². The topological polar surface area (TPSA) is 9.23 Å². The summed E-state index contributed by atoms with van der Waals surface area (Å²) >= 11 is 0. The molecule has 2 heteroatoms. The largest absolute Gasteiger partial charge is 0.525 e. The molecule has 0 unspecified atom stereocenters. The Morgan fingerprint density at radius 3 is 2.33 bits per heavy atom. The van der Waals surface area contributed by atoms with Crippen LogP contribution in [0, 0.1) is 13.8 Å². The average molecular weight is 274 g/mol. The van der Waals surface area contributed by atoms with E-state index in [2.05, 4.69) is 38.1 Å². The second-order valence-electron chi connectivity index (χ2n) is 3.31. The average Bonchev–Trinajstić information content (AvgIpc) is 2.19. The Labute approximate surface area is 116 Å². The molecule has 1 nitrogen and oxygen atoms in total. The van der Waals surface area contributed by atoms with Crippen LogP contribution in [-0.4, -0.2) is 6.61 Å². The van der Waals surface area contributed by atoms with Crippen molar-refractivity contribution in [2.45, 2.75) is 6.92 Å². The summed E-state index contributed by atoms with van der Waals surface area (Å²) in [4.78, 5) is 0. The molecule has 75 valence electrons. The molecule has 15 heavy (non-hydrogen) atoms. The molecule has 0 spiro atoms. The van der Waals surface area contributed by atoms with Gasteiger partial charge in [0.2, 0.25) is 0 Å². The van der Waals surface area contributed by atoms with Gasteiger partial charge in [0.15, 0.2) is 0 Å². The molecule has 0 bridgehead atoms. The zero-order valence-electron chi connectivity index (χ0n) is 8.86. The molecular formula is C13H13OY-. The molecule has 0 saturated heterocycles. The first-order valence-electron chi connectivity index (χ1n) is 4.72. The van der Waals surface area contributed by atoms with Gasteiger partial charge in [-0.2, -0.15) is 0 Å². The quantitative estimate of drug-likeness (QED) is 0.763. The van der Waals surface area contributed by atoms with Crippen molar-refractivity contribution in [2.75, 3.05) is 6.61 Å². The molecule has 1 radical (unpaired) electrons. The minimum Gasteiger partial charge on any atom is -0.525 e. The van der Waals surface area contributed by atoms with Gasteiger partial charge in [-0.25, -0.2) is 0 Å². The standard InChI is InChI=1S/C13H13O.Y/c1-3-14-13-9-12-7-5-4-6-11(12)8-10(13)2;/h4-9H,1,3H2,2H3;/q-1;. The van der Waals surface area contributed by atoms with Gasteiger partial charge in [-0.3, -0.25) is 0 Å². The maximum atomic E-state index is 5.43. The van der Waals surface area contributed by atoms with Crippen LogP contribution < -0.4 is 4.74 Å². The van der Waals surface area contributed by atoms with E-state index in [1.165, 1.54) is 10.8 Å². The minimum atomic E-state index is 0. The number of fused-ring (bicyclic) bond motifs is 1. The number of ether oxygens (including phenoxy) is 1. The summed E-state index contributed by atoms with van der Waals surface area (Å²) in [5.74, 6) is 0.929. The SMILES string of the molecule is [CH2-]COc1cc2ccccc2cc1C.[Y]. The maximum Gasteiger partial charge on any atom is 0.118 e. The second kappa shape index (κ2) is 5.62. The van der Waals surface area contributed by atoms with Gasteiger partial charge < -0.3 is 11.7 Å². The third-order valence-corrected chi connectivity index (χ3v) is 2.30. The molecular weight excluding hydrogens is 261 g/mol. The van der Waals surface area contributed by atoms with Gasteiger partial charge >= 0.3 is 0 Å². The van der Waals surface area contributed by atoms with Crippen LogP contribution in [0.25, 0.3) is 10.8 Å². The first kappa shape index (κ1) is 12.7. The van der Waals surface area contributed by atoms with E-state index >= 15 is 0 Å². The normalized spacial score (nSPS) is 9.73. The van der Waals surface area contributed by atoms with Crippen molar-refractivity contribution in [3.05, 3.63) is 48.9 Å². The van der Waals surface area contributed by atoms with Crippen molar-refractivity contribution in [3.63, 3.8) is 0 Å². The first-order chi connectivity index (χ1) is 6.81. The fourth-order valence-corrected chi connectivity index (χ4v) is 1.60. The molecule has 0 saturated carbocycles. The fourth-order valence-electron chi connectivity index (χ4n) is 1.60. The van der Waals surface area contributed by atoms with Crippen LogP contribution in [0.2, 0.25) is 0 Å². The minimum absolute atomic E-state index is 0. The molecule has 0 aromatic heterocycles. The van der Waals surface area contributed by atoms with Crippen LogP contribution in [0.15, 0.2) is 36.4 Å². The Kier molecular flexibility index (Phi) is 4.75. The van der Waals surface area contributed by atoms with Gasteiger partial charge in [-0.1, -0.05) is 24.3 Å². The molecule has 2 aromatic carbocycles. The molecule has 0 aliphatic carbocycles. The molecule has 0 atom stereocenters. The van der Waals surface area contributed by atoms with Crippen LogP contribution >= 0.6 is 0 Å². The number of hydrogen-bond acceptors (Lipinski definition) is 1. The van der Waals surface area contributed by atoms with E-state index in [-0.39, 0.29) is 32.7 Å². The van der Waals surface area contributed by atoms with Crippen molar-refractivity contribution < 1.29 is 37.4 Å². The third kappa shape index (κ3) is 2.79. The van der Waals surface area contributed by atoms with Crippen LogP contribution in [0.5, 0.6) is 5.75 Å². The molecule has 0 aliphatic heterocycles. The van der Waals surface area contributed by atoms with Gasteiger partial charge in [0.1, 0.15) is 5.75 Å². The monoisotopic (exact) mass is 274 g/mol. The van der Waals surface area contributed by atoms with Crippen LogP contribution in [0.1, 0.15) is 5.56 Å². The van der Waals surface area contributed by atoms with Gasteiger partial charge in [-0.15, -0.1) is 0 Å². The molecule has 0 N–H and O–H groups in total. The predicted octanol–water partition coefficient (Wildman–Crippen LogP) is 3.36. The van der Waals surface area contributed by atoms with E-state index in [4.69, 9.17) is 4.74 Å². The molecule has 0 aliphatic rings. The Balaban J connectivity index is 0.00000112. The summed E-state index contributed by atoms with van der Waals surface area (Å²) in [5, 5.41) is 2.46. The van der Waals surface area contributed by atoms with E-state index in [1.807, 2.05) is 12.1 Å². The Morgan fingerprint density at radius 1 is 1.13 bits per heavy atom. The molecule has 0 heterocycles. The van der Waals surface area contributed by atoms with Crippen molar-refractivity contribution >= 4 is 10.8 Å². The van der Waals surface area contributed by atoms with Gasteiger partial charge in [0.25, 0.3) is 0 Å². The van der Waals surface area contributed by atoms with E-state index in [0.717, 1.165) is 11.3 Å². The van der Waals surface area contributed by atoms with Crippen molar-refractivity contribution in [2.24, 2.45) is 0 Å². The van der Waals surface area contributed by atoms with Gasteiger partial charge in [0, 0.05) is 32.7 Å². The molecule has 0 amide bonds. The van der Waals surface area contributed by atoms with Crippen molar-refractivity contribution in [1.82, 2.24) is 0 Å². The summed E-state index contributed by atoms with van der Waals surface area (Å²) in [6.07, 6.45) is 0. The maximum absolute atomic E-state index is 5.43. The third-order valence-electron chi connectivity index (χ3n) is 2.30. The van der Waals surface area contributed by atoms with Gasteiger partial charge in [-0.05, 0) is 42.0 Å². The smallest absolute Gasteiger partial charge is 0.118 e. The predicted molar refractivity (Wildman–Crippen MR) is 59.5 cm³/mol. The van der Waals surface area contributed by atoms with E-state index in [1.54, 1.807) is 0 Å². The fraction of sp³-hybridized carbons (Fsp3) is 0.154. The summed E-state index contributed by atoms with van der Waals surface area (Å²) in [6, 6.07) is 12.5. The number of rotatable bonds is 2. The van der Waals surface area contributed by atoms with Crippen molar-refractivity contribution in [1.29, 1.82) is 0 Å². The number of benzene rings is 2. The second-order valence-corrected chi connectivity index (χ2v) is 3.31. The molecule has 2 rings (SSSR count). The van der Waals surface area contributed by atoms with Crippen molar-refractivity contribution in [3.8, 4) is 5.75 Å². The summed E-state index contributed by atoms with van der Waals surface area (Å²) in [7, 11) is 0. The number of aryl methyl sites for hydroxylation is 1. The van der Waals surface area contributed by atoms with E-state index < -0.39 is 0 Å². The van der Waals surface area contributed by atoms with Crippen LogP contribution in [0.4, 0.5) is 0 Å². The summed E-state index contributed by atoms with van der Waals surface area (Å²) < 4.78 is 5.43. The molecule has 2 aromatic rings. The Bertz CT molecular complexity index is 451. The summed E-state index contributed by atoms with van der Waals surface area (Å²) in [6.45, 7) is 6.20. The number of hydrogen-bond donors (Lipinski definition) is 0. The Morgan fingerprint density at radius 2 is 1.73 bits per heavy atom. The van der Waals surface area contributed by atoms with Crippen LogP contribution in [-0.2, 0) is 32.7 Å². The molecule has 0 fully saturated rings.